The summed E-state index contributed by atoms with van der Waals surface area (Å²) in [4.78, 5) is -0.123. The fraction of sp³-hybridized carbons (Fsp3) is 0.455. The zero-order valence-corrected chi connectivity index (χ0v) is 12.5. The van der Waals surface area contributed by atoms with Crippen LogP contribution in [0.1, 0.15) is 6.92 Å². The first-order chi connectivity index (χ1) is 8.67. The third-order valence-electron chi connectivity index (χ3n) is 2.49. The Morgan fingerprint density at radius 2 is 2.11 bits per heavy atom. The van der Waals surface area contributed by atoms with E-state index in [9.17, 15) is 13.5 Å². The van der Waals surface area contributed by atoms with Gasteiger partial charge in [-0.15, -0.1) is 0 Å². The van der Waals surface area contributed by atoms with Crippen molar-refractivity contribution in [1.82, 2.24) is 0 Å². The quantitative estimate of drug-likeness (QED) is 0.566. The summed E-state index contributed by atoms with van der Waals surface area (Å²) in [5.74, 6) is 0.550. The molecule has 1 atom stereocenters. The van der Waals surface area contributed by atoms with Crippen molar-refractivity contribution < 1.29 is 13.5 Å². The van der Waals surface area contributed by atoms with E-state index < -0.39 is 15.6 Å². The van der Waals surface area contributed by atoms with Gasteiger partial charge in [-0.3, -0.25) is 0 Å². The number of nitrogens with one attached hydrogen (secondary N) is 1. The van der Waals surface area contributed by atoms with Crippen LogP contribution in [0, 0.1) is 0 Å². The van der Waals surface area contributed by atoms with Crippen LogP contribution in [0.5, 0.6) is 0 Å². The van der Waals surface area contributed by atoms with Crippen molar-refractivity contribution >= 4 is 33.2 Å². The van der Waals surface area contributed by atoms with Gasteiger partial charge >= 0.3 is 0 Å². The molecule has 1 aromatic carbocycles. The molecule has 0 aliphatic heterocycles. The Kier molecular flexibility index (Phi) is 5.08. The maximum atomic E-state index is 11.3. The molecule has 6 nitrogen and oxygen atoms in total. The van der Waals surface area contributed by atoms with E-state index in [0.717, 1.165) is 0 Å². The summed E-state index contributed by atoms with van der Waals surface area (Å²) in [5.41, 5.74) is 5.35. The molecule has 0 saturated carbocycles. The van der Waals surface area contributed by atoms with Gasteiger partial charge in [-0.25, -0.2) is 13.6 Å². The molecule has 1 rings (SSSR count). The lowest BCUT2D eigenvalue weighted by molar-refractivity contribution is 0.0997. The number of anilines is 2. The number of sulfonamides is 1. The summed E-state index contributed by atoms with van der Waals surface area (Å²) < 4.78 is 22.7. The summed E-state index contributed by atoms with van der Waals surface area (Å²) >= 11 is 1.52. The van der Waals surface area contributed by atoms with Crippen LogP contribution in [0.2, 0.25) is 0 Å². The van der Waals surface area contributed by atoms with Crippen LogP contribution in [-0.2, 0) is 10.0 Å². The first-order valence-electron chi connectivity index (χ1n) is 5.54. The number of aliphatic hydroxyl groups is 1. The Bertz CT molecular complexity index is 544. The van der Waals surface area contributed by atoms with Crippen molar-refractivity contribution in [3.63, 3.8) is 0 Å². The highest BCUT2D eigenvalue weighted by atomic mass is 32.2. The second-order valence-electron chi connectivity index (χ2n) is 4.55. The minimum Gasteiger partial charge on any atom is -0.396 e. The predicted octanol–water partition coefficient (Wildman–Crippen LogP) is 0.442. The van der Waals surface area contributed by atoms with Gasteiger partial charge in [-0.2, -0.15) is 11.8 Å². The smallest absolute Gasteiger partial charge is 0.240 e. The molecular weight excluding hydrogens is 286 g/mol. The molecule has 0 radical (unpaired) electrons. The summed E-state index contributed by atoms with van der Waals surface area (Å²) in [6.07, 6.45) is 1.89. The molecule has 1 unspecified atom stereocenters. The average molecular weight is 305 g/mol. The molecule has 8 heteroatoms. The molecule has 108 valence electrons. The maximum Gasteiger partial charge on any atom is 0.240 e. The number of primary sulfonamides is 1. The van der Waals surface area contributed by atoms with Crippen molar-refractivity contribution in [2.75, 3.05) is 29.6 Å². The molecule has 0 amide bonds. The zero-order chi connectivity index (χ0) is 14.7. The molecule has 1 aromatic rings. The Morgan fingerprint density at radius 1 is 1.47 bits per heavy atom. The van der Waals surface area contributed by atoms with Gasteiger partial charge in [0.1, 0.15) is 4.90 Å². The minimum atomic E-state index is -3.85. The molecule has 19 heavy (non-hydrogen) atoms. The van der Waals surface area contributed by atoms with E-state index in [1.807, 2.05) is 6.26 Å². The van der Waals surface area contributed by atoms with Crippen molar-refractivity contribution in [1.29, 1.82) is 0 Å². The van der Waals surface area contributed by atoms with Gasteiger partial charge < -0.3 is 16.2 Å². The summed E-state index contributed by atoms with van der Waals surface area (Å²) in [6.45, 7) is 1.95. The van der Waals surface area contributed by atoms with Crippen LogP contribution in [-0.4, -0.2) is 37.7 Å². The average Bonchev–Trinajstić information content (AvgIpc) is 2.26. The first-order valence-corrected chi connectivity index (χ1v) is 8.48. The van der Waals surface area contributed by atoms with Gasteiger partial charge in [0.15, 0.2) is 0 Å². The van der Waals surface area contributed by atoms with Gasteiger partial charge in [0.2, 0.25) is 10.0 Å². The second-order valence-corrected chi connectivity index (χ2v) is 6.94. The third kappa shape index (κ3) is 4.57. The fourth-order valence-corrected chi connectivity index (χ4v) is 3.00. The third-order valence-corrected chi connectivity index (χ3v) is 4.37. The lowest BCUT2D eigenvalue weighted by Crippen LogP contribution is -2.36. The Balaban J connectivity index is 2.92. The van der Waals surface area contributed by atoms with Crippen LogP contribution in [0.25, 0.3) is 0 Å². The number of hydrogen-bond donors (Lipinski definition) is 4. The Hall–Kier alpha value is -0.960. The second kappa shape index (κ2) is 6.00. The molecule has 0 heterocycles. The largest absolute Gasteiger partial charge is 0.396 e. The van der Waals surface area contributed by atoms with E-state index in [1.54, 1.807) is 19.1 Å². The van der Waals surface area contributed by atoms with Crippen LogP contribution in [0.3, 0.4) is 0 Å². The molecule has 0 aliphatic carbocycles. The van der Waals surface area contributed by atoms with Crippen molar-refractivity contribution in [2.45, 2.75) is 17.4 Å². The Labute approximate surface area is 117 Å². The highest BCUT2D eigenvalue weighted by Gasteiger charge is 2.21. The van der Waals surface area contributed by atoms with Crippen LogP contribution in [0.15, 0.2) is 23.1 Å². The zero-order valence-electron chi connectivity index (χ0n) is 10.9. The maximum absolute atomic E-state index is 11.3. The van der Waals surface area contributed by atoms with Crippen LogP contribution < -0.4 is 16.2 Å². The number of nitrogen functional groups attached to an aromatic ring is 1. The van der Waals surface area contributed by atoms with Crippen LogP contribution in [0.4, 0.5) is 11.4 Å². The van der Waals surface area contributed by atoms with Gasteiger partial charge in [-0.1, -0.05) is 6.07 Å². The predicted molar refractivity (Wildman–Crippen MR) is 79.7 cm³/mol. The summed E-state index contributed by atoms with van der Waals surface area (Å²) in [6, 6.07) is 4.52. The van der Waals surface area contributed by atoms with Gasteiger partial charge in [0, 0.05) is 12.3 Å². The standard InChI is InChI=1S/C11H19N3O3S2/c1-11(15,7-18-2)6-14-8-4-3-5-9(10(8)12)19(13,16)17/h3-5,14-15H,6-7,12H2,1-2H3,(H2,13,16,17). The number of nitrogens with two attached hydrogens (primary N) is 2. The molecule has 0 fully saturated rings. The highest BCUT2D eigenvalue weighted by molar-refractivity contribution is 7.98. The number of benzene rings is 1. The van der Waals surface area contributed by atoms with E-state index in [-0.39, 0.29) is 17.1 Å². The van der Waals surface area contributed by atoms with Gasteiger partial charge in [0.05, 0.1) is 17.0 Å². The minimum absolute atomic E-state index is 0.0601. The lowest BCUT2D eigenvalue weighted by Gasteiger charge is -2.24. The van der Waals surface area contributed by atoms with Crippen LogP contribution >= 0.6 is 11.8 Å². The molecule has 6 N–H and O–H groups in total. The molecule has 0 aliphatic rings. The number of hydrogen-bond acceptors (Lipinski definition) is 6. The summed E-state index contributed by atoms with van der Waals surface area (Å²) in [7, 11) is -3.85. The monoisotopic (exact) mass is 305 g/mol. The number of thioether (sulfide) groups is 1. The molecule has 0 bridgehead atoms. The van der Waals surface area contributed by atoms with Gasteiger partial charge in [-0.05, 0) is 25.3 Å². The van der Waals surface area contributed by atoms with E-state index in [1.165, 1.54) is 17.8 Å². The van der Waals surface area contributed by atoms with E-state index >= 15 is 0 Å². The van der Waals surface area contributed by atoms with Crippen molar-refractivity contribution in [3.8, 4) is 0 Å². The first kappa shape index (κ1) is 16.1. The van der Waals surface area contributed by atoms with Gasteiger partial charge in [0.25, 0.3) is 0 Å². The normalized spacial score (nSPS) is 14.9. The lowest BCUT2D eigenvalue weighted by atomic mass is 10.1. The topological polar surface area (TPSA) is 118 Å². The van der Waals surface area contributed by atoms with Crippen molar-refractivity contribution in [2.24, 2.45) is 5.14 Å². The van der Waals surface area contributed by atoms with E-state index in [2.05, 4.69) is 5.32 Å². The highest BCUT2D eigenvalue weighted by Crippen LogP contribution is 2.26. The van der Waals surface area contributed by atoms with E-state index in [4.69, 9.17) is 10.9 Å². The number of para-hydroxylation sites is 1. The fourth-order valence-electron chi connectivity index (χ4n) is 1.59. The number of rotatable bonds is 6. The van der Waals surface area contributed by atoms with E-state index in [0.29, 0.717) is 11.4 Å². The molecule has 0 saturated heterocycles. The Morgan fingerprint density at radius 3 is 2.63 bits per heavy atom. The summed E-state index contributed by atoms with van der Waals surface area (Å²) in [5, 5.41) is 18.0. The molecule has 0 spiro atoms. The molecule has 0 aromatic heterocycles. The molecular formula is C11H19N3O3S2. The van der Waals surface area contributed by atoms with Crippen molar-refractivity contribution in [3.05, 3.63) is 18.2 Å². The SMILES string of the molecule is CSCC(C)(O)CNc1cccc(S(N)(=O)=O)c1N.